The quantitative estimate of drug-likeness (QED) is 0.788. The molecule has 0 bridgehead atoms. The lowest BCUT2D eigenvalue weighted by Crippen LogP contribution is -2.07. The molecule has 2 fully saturated rings. The Hall–Kier alpha value is -1.05. The number of aryl methyl sites for hydroxylation is 1. The van der Waals surface area contributed by atoms with E-state index < -0.39 is 0 Å². The highest BCUT2D eigenvalue weighted by Crippen LogP contribution is 2.50. The van der Waals surface area contributed by atoms with E-state index in [0.717, 1.165) is 29.4 Å². The van der Waals surface area contributed by atoms with Gasteiger partial charge in [-0.05, 0) is 50.2 Å². The first-order chi connectivity index (χ1) is 6.83. The highest BCUT2D eigenvalue weighted by Gasteiger charge is 2.47. The van der Waals surface area contributed by atoms with Gasteiger partial charge in [-0.15, -0.1) is 0 Å². The molecule has 74 valence electrons. The molecule has 2 nitrogen and oxygen atoms in total. The summed E-state index contributed by atoms with van der Waals surface area (Å²) in [4.78, 5) is 4.46. The van der Waals surface area contributed by atoms with Crippen LogP contribution in [0.3, 0.4) is 0 Å². The summed E-state index contributed by atoms with van der Waals surface area (Å²) < 4.78 is 0. The lowest BCUT2D eigenvalue weighted by Gasteiger charge is -2.04. The Morgan fingerprint density at radius 1 is 1.36 bits per heavy atom. The van der Waals surface area contributed by atoms with Crippen LogP contribution >= 0.6 is 0 Å². The maximum absolute atomic E-state index is 4.46. The molecule has 0 radical (unpaired) electrons. The minimum Gasteiger partial charge on any atom is -0.367 e. The summed E-state index contributed by atoms with van der Waals surface area (Å²) in [6, 6.07) is 6.89. The number of pyridine rings is 1. The van der Waals surface area contributed by atoms with Gasteiger partial charge in [0.05, 0.1) is 0 Å². The second-order valence-electron chi connectivity index (χ2n) is 4.65. The third-order valence-corrected chi connectivity index (χ3v) is 3.29. The molecule has 0 amide bonds. The fourth-order valence-electron chi connectivity index (χ4n) is 2.24. The topological polar surface area (TPSA) is 24.9 Å². The number of nitrogens with one attached hydrogen (secondary N) is 1. The predicted molar refractivity (Wildman–Crippen MR) is 57.2 cm³/mol. The standard InChI is InChI=1S/C12H16N2/c1-8-3-2-4-12(13-8)14-11-7-10(11)9-5-6-9/h2-4,9-11H,5-7H2,1H3,(H,13,14). The van der Waals surface area contributed by atoms with Crippen molar-refractivity contribution < 1.29 is 0 Å². The van der Waals surface area contributed by atoms with Crippen LogP contribution in [-0.4, -0.2) is 11.0 Å². The molecule has 2 heteroatoms. The van der Waals surface area contributed by atoms with E-state index in [4.69, 9.17) is 0 Å². The van der Waals surface area contributed by atoms with Crippen LogP contribution in [-0.2, 0) is 0 Å². The van der Waals surface area contributed by atoms with Crippen molar-refractivity contribution in [2.24, 2.45) is 11.8 Å². The molecule has 0 aliphatic heterocycles. The van der Waals surface area contributed by atoms with E-state index in [1.165, 1.54) is 19.3 Å². The zero-order valence-corrected chi connectivity index (χ0v) is 8.53. The van der Waals surface area contributed by atoms with Crippen molar-refractivity contribution in [1.29, 1.82) is 0 Å². The summed E-state index contributed by atoms with van der Waals surface area (Å²) in [7, 11) is 0. The smallest absolute Gasteiger partial charge is 0.126 e. The van der Waals surface area contributed by atoms with Crippen molar-refractivity contribution in [2.75, 3.05) is 5.32 Å². The Bertz CT molecular complexity index is 344. The molecule has 3 rings (SSSR count). The number of hydrogen-bond donors (Lipinski definition) is 1. The maximum Gasteiger partial charge on any atom is 0.126 e. The molecule has 2 aliphatic carbocycles. The zero-order chi connectivity index (χ0) is 9.54. The highest BCUT2D eigenvalue weighted by atomic mass is 15.1. The van der Waals surface area contributed by atoms with E-state index in [-0.39, 0.29) is 0 Å². The van der Waals surface area contributed by atoms with Crippen LogP contribution in [0, 0.1) is 18.8 Å². The maximum atomic E-state index is 4.46. The molecular formula is C12H16N2. The summed E-state index contributed by atoms with van der Waals surface area (Å²) in [5, 5.41) is 3.52. The van der Waals surface area contributed by atoms with Gasteiger partial charge in [-0.3, -0.25) is 0 Å². The summed E-state index contributed by atoms with van der Waals surface area (Å²) >= 11 is 0. The van der Waals surface area contributed by atoms with E-state index >= 15 is 0 Å². The molecule has 0 saturated heterocycles. The molecule has 0 spiro atoms. The van der Waals surface area contributed by atoms with Crippen molar-refractivity contribution in [2.45, 2.75) is 32.2 Å². The van der Waals surface area contributed by atoms with Gasteiger partial charge in [-0.25, -0.2) is 4.98 Å². The number of aromatic nitrogens is 1. The zero-order valence-electron chi connectivity index (χ0n) is 8.53. The van der Waals surface area contributed by atoms with E-state index in [1.54, 1.807) is 0 Å². The lowest BCUT2D eigenvalue weighted by molar-refractivity contribution is 0.696. The van der Waals surface area contributed by atoms with Gasteiger partial charge in [-0.2, -0.15) is 0 Å². The van der Waals surface area contributed by atoms with Crippen molar-refractivity contribution in [3.05, 3.63) is 23.9 Å². The van der Waals surface area contributed by atoms with E-state index in [0.29, 0.717) is 0 Å². The molecule has 1 heterocycles. The Morgan fingerprint density at radius 3 is 2.93 bits per heavy atom. The minimum atomic E-state index is 0.719. The second kappa shape index (κ2) is 2.97. The third-order valence-electron chi connectivity index (χ3n) is 3.29. The van der Waals surface area contributed by atoms with Crippen LogP contribution < -0.4 is 5.32 Å². The normalized spacial score (nSPS) is 30.1. The average Bonchev–Trinajstić information content (AvgIpc) is 2.96. The third kappa shape index (κ3) is 1.61. The largest absolute Gasteiger partial charge is 0.367 e. The minimum absolute atomic E-state index is 0.719. The summed E-state index contributed by atoms with van der Waals surface area (Å²) in [6.07, 6.45) is 4.29. The van der Waals surface area contributed by atoms with Crippen LogP contribution in [0.4, 0.5) is 5.82 Å². The Labute approximate surface area is 84.7 Å². The van der Waals surface area contributed by atoms with Gasteiger partial charge in [0, 0.05) is 11.7 Å². The number of hydrogen-bond acceptors (Lipinski definition) is 2. The highest BCUT2D eigenvalue weighted by molar-refractivity contribution is 5.38. The van der Waals surface area contributed by atoms with Crippen LogP contribution in [0.1, 0.15) is 25.0 Å². The lowest BCUT2D eigenvalue weighted by atomic mass is 10.2. The summed E-state index contributed by atoms with van der Waals surface area (Å²) in [5.41, 5.74) is 1.10. The molecule has 1 aromatic rings. The Balaban J connectivity index is 1.62. The molecular weight excluding hydrogens is 172 g/mol. The van der Waals surface area contributed by atoms with Gasteiger partial charge in [0.2, 0.25) is 0 Å². The summed E-state index contributed by atoms with van der Waals surface area (Å²) in [6.45, 7) is 2.04. The summed E-state index contributed by atoms with van der Waals surface area (Å²) in [5.74, 6) is 3.05. The van der Waals surface area contributed by atoms with Crippen molar-refractivity contribution in [3.63, 3.8) is 0 Å². The molecule has 14 heavy (non-hydrogen) atoms. The van der Waals surface area contributed by atoms with Crippen LogP contribution in [0.2, 0.25) is 0 Å². The number of nitrogens with zero attached hydrogens (tertiary/aromatic N) is 1. The van der Waals surface area contributed by atoms with Gasteiger partial charge < -0.3 is 5.32 Å². The van der Waals surface area contributed by atoms with E-state index in [2.05, 4.69) is 22.4 Å². The van der Waals surface area contributed by atoms with Crippen LogP contribution in [0.5, 0.6) is 0 Å². The number of anilines is 1. The first kappa shape index (κ1) is 8.27. The van der Waals surface area contributed by atoms with Gasteiger partial charge in [0.15, 0.2) is 0 Å². The predicted octanol–water partition coefficient (Wildman–Crippen LogP) is 2.60. The van der Waals surface area contributed by atoms with Crippen LogP contribution in [0.25, 0.3) is 0 Å². The molecule has 2 saturated carbocycles. The molecule has 0 aromatic carbocycles. The molecule has 2 atom stereocenters. The SMILES string of the molecule is Cc1cccc(NC2CC2C2CC2)n1. The van der Waals surface area contributed by atoms with Crippen molar-refractivity contribution in [1.82, 2.24) is 4.98 Å². The Kier molecular flexibility index (Phi) is 1.76. The van der Waals surface area contributed by atoms with E-state index in [9.17, 15) is 0 Å². The van der Waals surface area contributed by atoms with E-state index in [1.807, 2.05) is 13.0 Å². The van der Waals surface area contributed by atoms with Crippen molar-refractivity contribution in [3.8, 4) is 0 Å². The first-order valence-electron chi connectivity index (χ1n) is 5.53. The van der Waals surface area contributed by atoms with Crippen LogP contribution in [0.15, 0.2) is 18.2 Å². The van der Waals surface area contributed by atoms with Gasteiger partial charge >= 0.3 is 0 Å². The average molecular weight is 188 g/mol. The molecule has 2 unspecified atom stereocenters. The van der Waals surface area contributed by atoms with Crippen molar-refractivity contribution >= 4 is 5.82 Å². The van der Waals surface area contributed by atoms with Gasteiger partial charge in [-0.1, -0.05) is 6.07 Å². The first-order valence-corrected chi connectivity index (χ1v) is 5.53. The second-order valence-corrected chi connectivity index (χ2v) is 4.65. The monoisotopic (exact) mass is 188 g/mol. The molecule has 1 N–H and O–H groups in total. The Morgan fingerprint density at radius 2 is 2.21 bits per heavy atom. The fraction of sp³-hybridized carbons (Fsp3) is 0.583. The fourth-order valence-corrected chi connectivity index (χ4v) is 2.24. The molecule has 2 aliphatic rings. The van der Waals surface area contributed by atoms with Gasteiger partial charge in [0.1, 0.15) is 5.82 Å². The molecule has 1 aromatic heterocycles. The van der Waals surface area contributed by atoms with Gasteiger partial charge in [0.25, 0.3) is 0 Å². The number of rotatable bonds is 3.